The third-order valence-electron chi connectivity index (χ3n) is 3.92. The Labute approximate surface area is 99.8 Å². The fourth-order valence-corrected chi connectivity index (χ4v) is 2.28. The lowest BCUT2D eigenvalue weighted by Gasteiger charge is -2.06. The maximum atomic E-state index is 5.71. The molecule has 88 valence electrons. The van der Waals surface area contributed by atoms with Crippen molar-refractivity contribution in [1.29, 1.82) is 0 Å². The average Bonchev–Trinajstić information content (AvgIpc) is 2.46. The van der Waals surface area contributed by atoms with Gasteiger partial charge >= 0.3 is 0 Å². The molecule has 1 heterocycles. The molecule has 0 atom stereocenters. The zero-order chi connectivity index (χ0) is 12.1. The van der Waals surface area contributed by atoms with E-state index in [4.69, 9.17) is 17.3 Å². The molecule has 0 saturated heterocycles. The predicted molar refractivity (Wildman–Crippen MR) is 64.2 cm³/mol. The molecular formula is C10H16ClN5. The molecule has 0 unspecified atom stereocenters. The van der Waals surface area contributed by atoms with E-state index in [1.54, 1.807) is 0 Å². The van der Waals surface area contributed by atoms with Crippen LogP contribution in [0.3, 0.4) is 0 Å². The number of nitrogens with two attached hydrogens (primary N) is 1. The summed E-state index contributed by atoms with van der Waals surface area (Å²) in [5, 5.41) is 3.37. The van der Waals surface area contributed by atoms with Crippen LogP contribution in [0, 0.1) is 10.8 Å². The summed E-state index contributed by atoms with van der Waals surface area (Å²) in [5.41, 5.74) is 5.92. The fraction of sp³-hybridized carbons (Fsp3) is 0.700. The van der Waals surface area contributed by atoms with E-state index < -0.39 is 0 Å². The minimum absolute atomic E-state index is 0.117. The first-order valence-corrected chi connectivity index (χ1v) is 5.56. The van der Waals surface area contributed by atoms with Gasteiger partial charge in [0.05, 0.1) is 0 Å². The van der Waals surface area contributed by atoms with Crippen LogP contribution in [0.2, 0.25) is 5.28 Å². The molecule has 3 N–H and O–H groups in total. The van der Waals surface area contributed by atoms with Crippen molar-refractivity contribution in [3.8, 4) is 0 Å². The van der Waals surface area contributed by atoms with Gasteiger partial charge in [0.1, 0.15) is 0 Å². The van der Waals surface area contributed by atoms with E-state index in [9.17, 15) is 0 Å². The average molecular weight is 242 g/mol. The Balaban J connectivity index is 2.18. The van der Waals surface area contributed by atoms with Crippen molar-refractivity contribution in [3.05, 3.63) is 5.28 Å². The maximum absolute atomic E-state index is 5.71. The topological polar surface area (TPSA) is 76.7 Å². The van der Waals surface area contributed by atoms with E-state index >= 15 is 0 Å². The summed E-state index contributed by atoms with van der Waals surface area (Å²) in [5.74, 6) is 0.583. The van der Waals surface area contributed by atoms with Crippen LogP contribution in [0.4, 0.5) is 11.9 Å². The van der Waals surface area contributed by atoms with Crippen molar-refractivity contribution >= 4 is 23.5 Å². The molecule has 0 bridgehead atoms. The maximum Gasteiger partial charge on any atom is 0.229 e. The number of rotatable bonds is 2. The molecule has 2 rings (SSSR count). The molecule has 6 heteroatoms. The van der Waals surface area contributed by atoms with Gasteiger partial charge in [0.15, 0.2) is 0 Å². The minimum atomic E-state index is 0.117. The Morgan fingerprint density at radius 1 is 1.12 bits per heavy atom. The molecule has 16 heavy (non-hydrogen) atoms. The van der Waals surface area contributed by atoms with Crippen LogP contribution >= 0.6 is 11.6 Å². The predicted octanol–water partition coefficient (Wildman–Crippen LogP) is 1.95. The second-order valence-electron chi connectivity index (χ2n) is 5.31. The lowest BCUT2D eigenvalue weighted by atomic mass is 10.0. The number of nitrogen functional groups attached to an aromatic ring is 1. The molecule has 1 aliphatic carbocycles. The van der Waals surface area contributed by atoms with Gasteiger partial charge in [0.25, 0.3) is 0 Å². The van der Waals surface area contributed by atoms with Crippen LogP contribution in [-0.4, -0.2) is 21.0 Å². The number of anilines is 2. The highest BCUT2D eigenvalue weighted by molar-refractivity contribution is 6.28. The van der Waals surface area contributed by atoms with E-state index in [2.05, 4.69) is 48.0 Å². The highest BCUT2D eigenvalue weighted by Crippen LogP contribution is 2.63. The number of hydrogen-bond acceptors (Lipinski definition) is 5. The lowest BCUT2D eigenvalue weighted by Crippen LogP contribution is -2.14. The Morgan fingerprint density at radius 2 is 1.69 bits per heavy atom. The van der Waals surface area contributed by atoms with E-state index in [0.29, 0.717) is 12.0 Å². The summed E-state index contributed by atoms with van der Waals surface area (Å²) < 4.78 is 0. The van der Waals surface area contributed by atoms with Crippen molar-refractivity contribution < 1.29 is 0 Å². The normalized spacial score (nSPS) is 21.8. The molecule has 0 spiro atoms. The molecule has 0 radical (unpaired) electrons. The highest BCUT2D eigenvalue weighted by atomic mass is 35.5. The third-order valence-corrected chi connectivity index (χ3v) is 4.09. The molecule has 1 aromatic rings. The Morgan fingerprint density at radius 3 is 2.12 bits per heavy atom. The lowest BCUT2D eigenvalue weighted by molar-refractivity contribution is 0.457. The third kappa shape index (κ3) is 1.59. The van der Waals surface area contributed by atoms with Gasteiger partial charge < -0.3 is 11.1 Å². The molecule has 1 fully saturated rings. The van der Waals surface area contributed by atoms with E-state index in [-0.39, 0.29) is 22.1 Å². The van der Waals surface area contributed by atoms with Crippen molar-refractivity contribution in [3.63, 3.8) is 0 Å². The number of hydrogen-bond donors (Lipinski definition) is 2. The van der Waals surface area contributed by atoms with Crippen LogP contribution in [0.25, 0.3) is 0 Å². The number of nitrogens with one attached hydrogen (secondary N) is 1. The second-order valence-corrected chi connectivity index (χ2v) is 5.65. The Hall–Kier alpha value is -1.10. The van der Waals surface area contributed by atoms with Crippen molar-refractivity contribution in [1.82, 2.24) is 15.0 Å². The van der Waals surface area contributed by atoms with Crippen LogP contribution < -0.4 is 11.1 Å². The number of aromatic nitrogens is 3. The zero-order valence-electron chi connectivity index (χ0n) is 9.87. The van der Waals surface area contributed by atoms with E-state index in [1.807, 2.05) is 0 Å². The van der Waals surface area contributed by atoms with Crippen LogP contribution in [-0.2, 0) is 0 Å². The molecule has 1 saturated carbocycles. The smallest absolute Gasteiger partial charge is 0.229 e. The van der Waals surface area contributed by atoms with Gasteiger partial charge in [-0.1, -0.05) is 27.7 Å². The number of halogens is 1. The Bertz CT molecular complexity index is 395. The monoisotopic (exact) mass is 241 g/mol. The van der Waals surface area contributed by atoms with Crippen LogP contribution in [0.5, 0.6) is 0 Å². The molecular weight excluding hydrogens is 226 g/mol. The SMILES string of the molecule is CC1(C)C(Nc2nc(N)nc(Cl)n2)C1(C)C. The summed E-state index contributed by atoms with van der Waals surface area (Å²) in [4.78, 5) is 11.7. The minimum Gasteiger partial charge on any atom is -0.368 e. The Kier molecular flexibility index (Phi) is 2.28. The van der Waals surface area contributed by atoms with E-state index in [0.717, 1.165) is 0 Å². The molecule has 5 nitrogen and oxygen atoms in total. The fourth-order valence-electron chi connectivity index (χ4n) is 2.12. The van der Waals surface area contributed by atoms with Crippen LogP contribution in [0.15, 0.2) is 0 Å². The zero-order valence-corrected chi connectivity index (χ0v) is 10.6. The summed E-state index contributed by atoms with van der Waals surface area (Å²) in [6.07, 6.45) is 0. The van der Waals surface area contributed by atoms with Crippen molar-refractivity contribution in [2.24, 2.45) is 10.8 Å². The molecule has 0 aliphatic heterocycles. The molecule has 0 aromatic carbocycles. The molecule has 1 aromatic heterocycles. The van der Waals surface area contributed by atoms with Crippen LogP contribution in [0.1, 0.15) is 27.7 Å². The first kappa shape index (κ1) is 11.4. The van der Waals surface area contributed by atoms with Gasteiger partial charge in [-0.25, -0.2) is 0 Å². The molecule has 1 aliphatic rings. The van der Waals surface area contributed by atoms with Gasteiger partial charge in [-0.2, -0.15) is 15.0 Å². The second kappa shape index (κ2) is 3.20. The summed E-state index contributed by atoms with van der Waals surface area (Å²) in [6, 6.07) is 0.317. The summed E-state index contributed by atoms with van der Waals surface area (Å²) in [7, 11) is 0. The standard InChI is InChI=1S/C10H16ClN5/c1-9(2)5(10(9,3)4)13-8-15-6(11)14-7(12)16-8/h5H,1-4H3,(H3,12,13,14,15,16). The van der Waals surface area contributed by atoms with Crippen molar-refractivity contribution in [2.75, 3.05) is 11.1 Å². The first-order valence-electron chi connectivity index (χ1n) is 5.19. The molecule has 0 amide bonds. The quantitative estimate of drug-likeness (QED) is 0.828. The van der Waals surface area contributed by atoms with Gasteiger partial charge in [0, 0.05) is 6.04 Å². The van der Waals surface area contributed by atoms with E-state index in [1.165, 1.54) is 0 Å². The van der Waals surface area contributed by atoms with Gasteiger partial charge in [-0.3, -0.25) is 0 Å². The van der Waals surface area contributed by atoms with Gasteiger partial charge in [-0.15, -0.1) is 0 Å². The van der Waals surface area contributed by atoms with Crippen molar-refractivity contribution in [2.45, 2.75) is 33.7 Å². The van der Waals surface area contributed by atoms with Gasteiger partial charge in [0.2, 0.25) is 17.2 Å². The highest BCUT2D eigenvalue weighted by Gasteiger charge is 2.65. The summed E-state index contributed by atoms with van der Waals surface area (Å²) >= 11 is 5.71. The van der Waals surface area contributed by atoms with Gasteiger partial charge in [-0.05, 0) is 22.4 Å². The summed E-state index contributed by atoms with van der Waals surface area (Å²) in [6.45, 7) is 8.82. The largest absolute Gasteiger partial charge is 0.368 e. The number of nitrogens with zero attached hydrogens (tertiary/aromatic N) is 3. The first-order chi connectivity index (χ1) is 7.25.